The third-order valence-corrected chi connectivity index (χ3v) is 6.33. The van der Waals surface area contributed by atoms with Gasteiger partial charge in [0.15, 0.2) is 0 Å². The summed E-state index contributed by atoms with van der Waals surface area (Å²) in [6.45, 7) is 5.56. The number of nitrogens with zero attached hydrogens (tertiary/aromatic N) is 4. The second kappa shape index (κ2) is 7.11. The molecule has 0 aliphatic carbocycles. The van der Waals surface area contributed by atoms with E-state index in [-0.39, 0.29) is 11.6 Å². The van der Waals surface area contributed by atoms with Gasteiger partial charge in [-0.05, 0) is 55.1 Å². The van der Waals surface area contributed by atoms with E-state index < -0.39 is 0 Å². The number of pyridine rings is 1. The van der Waals surface area contributed by atoms with Crippen LogP contribution in [0.5, 0.6) is 5.75 Å². The first-order valence-electron chi connectivity index (χ1n) is 9.64. The first kappa shape index (κ1) is 18.1. The molecule has 0 saturated carbocycles. The number of ether oxygens (including phenoxy) is 1. The Kier molecular flexibility index (Phi) is 4.43. The van der Waals surface area contributed by atoms with Gasteiger partial charge in [-0.15, -0.1) is 0 Å². The Labute approximate surface area is 172 Å². The van der Waals surface area contributed by atoms with E-state index in [1.807, 2.05) is 28.9 Å². The normalized spacial score (nSPS) is 15.9. The van der Waals surface area contributed by atoms with Gasteiger partial charge < -0.3 is 9.72 Å². The van der Waals surface area contributed by atoms with Crippen LogP contribution in [0.25, 0.3) is 16.7 Å². The molecular weight excluding hydrogens is 386 g/mol. The van der Waals surface area contributed by atoms with E-state index >= 15 is 0 Å². The van der Waals surface area contributed by atoms with E-state index in [0.29, 0.717) is 12.2 Å². The van der Waals surface area contributed by atoms with Crippen molar-refractivity contribution in [3.05, 3.63) is 63.7 Å². The van der Waals surface area contributed by atoms with Gasteiger partial charge in [0.2, 0.25) is 5.95 Å². The van der Waals surface area contributed by atoms with E-state index in [0.717, 1.165) is 35.8 Å². The number of anilines is 1. The van der Waals surface area contributed by atoms with Crippen molar-refractivity contribution < 1.29 is 4.74 Å². The standard InChI is InChI=1S/C21H21N5O2S/c1-13(2)26-21(23-12-24-26)25-11-17-16-6-5-14(15-4-3-8-22-20(15)27)10-18(16)28-9-7-19(17)29-25/h3-6,8,10,12-13H,7,9,11H2,1-2H3,(H,22,27). The molecule has 4 heterocycles. The van der Waals surface area contributed by atoms with Crippen molar-refractivity contribution >= 4 is 23.5 Å². The first-order chi connectivity index (χ1) is 14.1. The van der Waals surface area contributed by atoms with Crippen LogP contribution >= 0.6 is 11.9 Å². The van der Waals surface area contributed by atoms with Gasteiger partial charge in [-0.3, -0.25) is 9.10 Å². The molecule has 5 rings (SSSR count). The molecule has 0 atom stereocenters. The summed E-state index contributed by atoms with van der Waals surface area (Å²) in [5, 5.41) is 4.37. The SMILES string of the molecule is CC(C)n1ncnc1N1CC2=C(CCOc3cc(-c4ccc[nH]c4=O)ccc32)S1. The molecule has 1 N–H and O–H groups in total. The number of rotatable bonds is 3. The fourth-order valence-electron chi connectivity index (χ4n) is 3.74. The molecule has 29 heavy (non-hydrogen) atoms. The molecule has 0 amide bonds. The van der Waals surface area contributed by atoms with Crippen LogP contribution in [0, 0.1) is 0 Å². The smallest absolute Gasteiger partial charge is 0.255 e. The van der Waals surface area contributed by atoms with Crippen LogP contribution in [-0.2, 0) is 0 Å². The summed E-state index contributed by atoms with van der Waals surface area (Å²) in [4.78, 5) is 20.7. The number of hydrogen-bond donors (Lipinski definition) is 1. The Bertz CT molecular complexity index is 1160. The topological polar surface area (TPSA) is 76.0 Å². The van der Waals surface area contributed by atoms with Gasteiger partial charge in [0, 0.05) is 28.6 Å². The number of H-pyrrole nitrogens is 1. The maximum Gasteiger partial charge on any atom is 0.255 e. The lowest BCUT2D eigenvalue weighted by Gasteiger charge is -2.20. The summed E-state index contributed by atoms with van der Waals surface area (Å²) in [5.41, 5.74) is 3.74. The predicted molar refractivity (Wildman–Crippen MR) is 115 cm³/mol. The van der Waals surface area contributed by atoms with Gasteiger partial charge in [-0.1, -0.05) is 12.1 Å². The van der Waals surface area contributed by atoms with Crippen LogP contribution in [0.15, 0.2) is 52.6 Å². The van der Waals surface area contributed by atoms with Crippen molar-refractivity contribution in [3.63, 3.8) is 0 Å². The molecule has 0 bridgehead atoms. The Morgan fingerprint density at radius 1 is 1.24 bits per heavy atom. The molecule has 7 nitrogen and oxygen atoms in total. The number of benzene rings is 1. The zero-order chi connectivity index (χ0) is 20.0. The lowest BCUT2D eigenvalue weighted by atomic mass is 9.99. The number of fused-ring (bicyclic) bond motifs is 2. The Hall–Kier alpha value is -3.00. The number of nitrogens with one attached hydrogen (secondary N) is 1. The monoisotopic (exact) mass is 407 g/mol. The van der Waals surface area contributed by atoms with E-state index in [2.05, 4.69) is 39.3 Å². The van der Waals surface area contributed by atoms with Gasteiger partial charge in [0.05, 0.1) is 19.2 Å². The zero-order valence-corrected chi connectivity index (χ0v) is 17.1. The molecule has 8 heteroatoms. The van der Waals surface area contributed by atoms with E-state index in [1.165, 1.54) is 10.5 Å². The van der Waals surface area contributed by atoms with E-state index in [1.54, 1.807) is 24.5 Å². The molecule has 0 fully saturated rings. The largest absolute Gasteiger partial charge is 0.493 e. The van der Waals surface area contributed by atoms with Crippen molar-refractivity contribution in [1.29, 1.82) is 0 Å². The highest BCUT2D eigenvalue weighted by Gasteiger charge is 2.31. The molecule has 0 saturated heterocycles. The fourth-order valence-corrected chi connectivity index (χ4v) is 4.88. The van der Waals surface area contributed by atoms with E-state index in [4.69, 9.17) is 4.74 Å². The Morgan fingerprint density at radius 2 is 2.14 bits per heavy atom. The van der Waals surface area contributed by atoms with Crippen molar-refractivity contribution in [2.24, 2.45) is 0 Å². The summed E-state index contributed by atoms with van der Waals surface area (Å²) < 4.78 is 10.2. The maximum absolute atomic E-state index is 12.2. The summed E-state index contributed by atoms with van der Waals surface area (Å²) in [5.74, 6) is 1.69. The summed E-state index contributed by atoms with van der Waals surface area (Å²) in [6.07, 6.45) is 4.10. The molecule has 3 aromatic rings. The summed E-state index contributed by atoms with van der Waals surface area (Å²) in [6, 6.07) is 9.94. The second-order valence-electron chi connectivity index (χ2n) is 7.35. The van der Waals surface area contributed by atoms with Gasteiger partial charge in [-0.25, -0.2) is 4.68 Å². The van der Waals surface area contributed by atoms with Crippen molar-refractivity contribution in [2.75, 3.05) is 17.5 Å². The highest BCUT2D eigenvalue weighted by atomic mass is 32.2. The zero-order valence-electron chi connectivity index (χ0n) is 16.3. The van der Waals surface area contributed by atoms with Gasteiger partial charge >= 0.3 is 0 Å². The summed E-state index contributed by atoms with van der Waals surface area (Å²) in [7, 11) is 0. The van der Waals surface area contributed by atoms with Crippen LogP contribution < -0.4 is 14.6 Å². The molecular formula is C21H21N5O2S. The Morgan fingerprint density at radius 3 is 2.97 bits per heavy atom. The van der Waals surface area contributed by atoms with E-state index in [9.17, 15) is 4.79 Å². The fraction of sp³-hybridized carbons (Fsp3) is 0.286. The van der Waals surface area contributed by atoms with Gasteiger partial charge in [0.1, 0.15) is 12.1 Å². The molecule has 2 aliphatic heterocycles. The second-order valence-corrected chi connectivity index (χ2v) is 8.47. The Balaban J connectivity index is 1.50. The number of aromatic amines is 1. The molecule has 0 unspecified atom stereocenters. The highest BCUT2D eigenvalue weighted by molar-refractivity contribution is 8.04. The minimum absolute atomic E-state index is 0.100. The first-order valence-corrected chi connectivity index (χ1v) is 10.4. The number of aromatic nitrogens is 4. The van der Waals surface area contributed by atoms with Crippen LogP contribution in [0.1, 0.15) is 31.9 Å². The minimum atomic E-state index is -0.100. The van der Waals surface area contributed by atoms with Crippen LogP contribution in [-0.4, -0.2) is 32.9 Å². The van der Waals surface area contributed by atoms with Crippen LogP contribution in [0.3, 0.4) is 0 Å². The van der Waals surface area contributed by atoms with Crippen LogP contribution in [0.2, 0.25) is 0 Å². The molecule has 0 spiro atoms. The third kappa shape index (κ3) is 3.13. The minimum Gasteiger partial charge on any atom is -0.493 e. The average Bonchev–Trinajstić information content (AvgIpc) is 3.32. The van der Waals surface area contributed by atoms with Crippen molar-refractivity contribution in [1.82, 2.24) is 19.7 Å². The molecule has 2 aromatic heterocycles. The van der Waals surface area contributed by atoms with Crippen LogP contribution in [0.4, 0.5) is 5.95 Å². The molecule has 0 radical (unpaired) electrons. The molecule has 148 valence electrons. The lowest BCUT2D eigenvalue weighted by molar-refractivity contribution is 0.326. The summed E-state index contributed by atoms with van der Waals surface area (Å²) >= 11 is 1.72. The van der Waals surface area contributed by atoms with Crippen molar-refractivity contribution in [2.45, 2.75) is 26.3 Å². The lowest BCUT2D eigenvalue weighted by Crippen LogP contribution is -2.19. The third-order valence-electron chi connectivity index (χ3n) is 5.15. The number of hydrogen-bond acceptors (Lipinski definition) is 6. The van der Waals surface area contributed by atoms with Gasteiger partial charge in [0.25, 0.3) is 5.56 Å². The molecule has 1 aromatic carbocycles. The van der Waals surface area contributed by atoms with Gasteiger partial charge in [-0.2, -0.15) is 10.1 Å². The quantitative estimate of drug-likeness (QED) is 0.664. The molecule has 2 aliphatic rings. The van der Waals surface area contributed by atoms with Crippen molar-refractivity contribution in [3.8, 4) is 16.9 Å². The average molecular weight is 407 g/mol. The maximum atomic E-state index is 12.2. The predicted octanol–water partition coefficient (Wildman–Crippen LogP) is 3.88. The highest BCUT2D eigenvalue weighted by Crippen LogP contribution is 2.46.